The van der Waals surface area contributed by atoms with Gasteiger partial charge in [-0.25, -0.2) is 4.90 Å². The lowest BCUT2D eigenvalue weighted by Crippen LogP contribution is -2.36. The van der Waals surface area contributed by atoms with Gasteiger partial charge >= 0.3 is 6.18 Å². The first-order valence-corrected chi connectivity index (χ1v) is 11.6. The lowest BCUT2D eigenvalue weighted by Gasteiger charge is -2.29. The molecule has 38 heavy (non-hydrogen) atoms. The number of anilines is 2. The second-order valence-electron chi connectivity index (χ2n) is 8.69. The largest absolute Gasteiger partial charge is 0.456 e. The zero-order valence-electron chi connectivity index (χ0n) is 19.7. The third-order valence-electron chi connectivity index (χ3n) is 6.28. The van der Waals surface area contributed by atoms with E-state index in [1.807, 2.05) is 12.1 Å². The number of morpholine rings is 1. The summed E-state index contributed by atoms with van der Waals surface area (Å²) in [5.41, 5.74) is -0.561. The molecule has 196 valence electrons. The monoisotopic (exact) mass is 527 g/mol. The molecule has 2 aromatic carbocycles. The van der Waals surface area contributed by atoms with Crippen molar-refractivity contribution < 1.29 is 36.8 Å². The number of amides is 2. The van der Waals surface area contributed by atoms with E-state index in [-0.39, 0.29) is 29.1 Å². The molecular weight excluding hydrogens is 507 g/mol. The number of alkyl halides is 3. The Bertz CT molecular complexity index is 1440. The van der Waals surface area contributed by atoms with Crippen LogP contribution >= 0.6 is 0 Å². The molecule has 0 atom stereocenters. The van der Waals surface area contributed by atoms with Crippen LogP contribution in [0.3, 0.4) is 0 Å². The molecule has 2 aliphatic heterocycles. The van der Waals surface area contributed by atoms with Crippen LogP contribution in [0.5, 0.6) is 0 Å². The van der Waals surface area contributed by atoms with Gasteiger partial charge in [0.25, 0.3) is 11.6 Å². The Hall–Kier alpha value is -4.45. The molecule has 1 aromatic heterocycles. The molecule has 3 heterocycles. The second-order valence-corrected chi connectivity index (χ2v) is 8.69. The summed E-state index contributed by atoms with van der Waals surface area (Å²) in [5, 5.41) is 11.4. The fourth-order valence-corrected chi connectivity index (χ4v) is 4.40. The lowest BCUT2D eigenvalue weighted by atomic mass is 10.1. The summed E-state index contributed by atoms with van der Waals surface area (Å²) in [6.45, 7) is 2.74. The molecule has 0 spiro atoms. The Balaban J connectivity index is 1.37. The average molecular weight is 527 g/mol. The van der Waals surface area contributed by atoms with Crippen molar-refractivity contribution in [3.8, 4) is 11.3 Å². The summed E-state index contributed by atoms with van der Waals surface area (Å²) in [7, 11) is 0. The predicted octanol–water partition coefficient (Wildman–Crippen LogP) is 5.06. The summed E-state index contributed by atoms with van der Waals surface area (Å²) in [6.07, 6.45) is -3.58. The Morgan fingerprint density at radius 1 is 0.947 bits per heavy atom. The zero-order valence-corrected chi connectivity index (χ0v) is 19.7. The molecular formula is C26H20F3N3O6. The molecule has 9 nitrogen and oxygen atoms in total. The molecule has 3 aromatic rings. The highest BCUT2D eigenvalue weighted by atomic mass is 19.4. The van der Waals surface area contributed by atoms with Crippen molar-refractivity contribution in [1.29, 1.82) is 0 Å². The second kappa shape index (κ2) is 9.78. The summed E-state index contributed by atoms with van der Waals surface area (Å²) in [4.78, 5) is 39.4. The molecule has 0 saturated carbocycles. The van der Waals surface area contributed by atoms with Crippen molar-refractivity contribution in [1.82, 2.24) is 0 Å². The number of nitro benzene ring substituents is 1. The van der Waals surface area contributed by atoms with Crippen molar-refractivity contribution >= 4 is 35.0 Å². The number of rotatable bonds is 5. The molecule has 2 fully saturated rings. The minimum atomic E-state index is -4.74. The summed E-state index contributed by atoms with van der Waals surface area (Å²) < 4.78 is 49.9. The smallest absolute Gasteiger partial charge is 0.416 e. The number of nitrogens with zero attached hydrogens (tertiary/aromatic N) is 3. The van der Waals surface area contributed by atoms with Gasteiger partial charge in [-0.3, -0.25) is 19.7 Å². The van der Waals surface area contributed by atoms with Crippen LogP contribution in [0.4, 0.5) is 30.2 Å². The van der Waals surface area contributed by atoms with Gasteiger partial charge in [0.2, 0.25) is 5.91 Å². The summed E-state index contributed by atoms with van der Waals surface area (Å²) in [6, 6.07) is 11.9. The molecule has 2 saturated heterocycles. The number of ether oxygens (including phenoxy) is 1. The SMILES string of the molecule is O=C1CC(=Cc2ccc(-c3ccc(C(F)(F)F)cc3[N+](=O)[O-])o2)C(=O)N1c1ccc(N2CCOCC2)cc1. The summed E-state index contributed by atoms with van der Waals surface area (Å²) in [5.74, 6) is -0.891. The van der Waals surface area contributed by atoms with Crippen molar-refractivity contribution in [2.45, 2.75) is 12.6 Å². The van der Waals surface area contributed by atoms with Gasteiger partial charge in [-0.05, 0) is 54.6 Å². The fraction of sp³-hybridized carbons (Fsp3) is 0.231. The third kappa shape index (κ3) is 4.90. The average Bonchev–Trinajstić information content (AvgIpc) is 3.47. The predicted molar refractivity (Wildman–Crippen MR) is 130 cm³/mol. The van der Waals surface area contributed by atoms with E-state index in [2.05, 4.69) is 4.90 Å². The Labute approximate surface area is 213 Å². The number of hydrogen-bond acceptors (Lipinski definition) is 7. The van der Waals surface area contributed by atoms with E-state index in [1.54, 1.807) is 12.1 Å². The molecule has 12 heteroatoms. The van der Waals surface area contributed by atoms with Gasteiger partial charge < -0.3 is 14.1 Å². The maximum atomic E-state index is 13.0. The van der Waals surface area contributed by atoms with Crippen molar-refractivity contribution in [2.24, 2.45) is 0 Å². The van der Waals surface area contributed by atoms with Crippen LogP contribution in [0, 0.1) is 10.1 Å². The summed E-state index contributed by atoms with van der Waals surface area (Å²) >= 11 is 0. The van der Waals surface area contributed by atoms with E-state index in [9.17, 15) is 32.9 Å². The number of carbonyl (C=O) groups excluding carboxylic acids is 2. The van der Waals surface area contributed by atoms with E-state index < -0.39 is 34.2 Å². The number of hydrogen-bond donors (Lipinski definition) is 0. The molecule has 0 bridgehead atoms. The first-order chi connectivity index (χ1) is 18.1. The lowest BCUT2D eigenvalue weighted by molar-refractivity contribution is -0.384. The highest BCUT2D eigenvalue weighted by Crippen LogP contribution is 2.38. The first kappa shape index (κ1) is 25.2. The number of imide groups is 1. The highest BCUT2D eigenvalue weighted by Gasteiger charge is 2.36. The van der Waals surface area contributed by atoms with E-state index in [1.165, 1.54) is 18.2 Å². The van der Waals surface area contributed by atoms with E-state index in [0.29, 0.717) is 25.0 Å². The van der Waals surface area contributed by atoms with Crippen LogP contribution in [-0.4, -0.2) is 43.0 Å². The molecule has 2 amide bonds. The Morgan fingerprint density at radius 3 is 2.29 bits per heavy atom. The third-order valence-corrected chi connectivity index (χ3v) is 6.28. The maximum Gasteiger partial charge on any atom is 0.416 e. The normalized spacial score (nSPS) is 17.5. The van der Waals surface area contributed by atoms with Crippen LogP contribution < -0.4 is 9.80 Å². The molecule has 5 rings (SSSR count). The topological polar surface area (TPSA) is 106 Å². The molecule has 0 radical (unpaired) electrons. The Morgan fingerprint density at radius 2 is 1.63 bits per heavy atom. The zero-order chi connectivity index (χ0) is 27.0. The van der Waals surface area contributed by atoms with Gasteiger partial charge in [0.15, 0.2) is 0 Å². The molecule has 0 unspecified atom stereocenters. The van der Waals surface area contributed by atoms with E-state index in [4.69, 9.17) is 9.15 Å². The van der Waals surface area contributed by atoms with Crippen molar-refractivity contribution in [2.75, 3.05) is 36.1 Å². The van der Waals surface area contributed by atoms with Gasteiger partial charge in [0.05, 0.1) is 41.4 Å². The first-order valence-electron chi connectivity index (χ1n) is 11.6. The van der Waals surface area contributed by atoms with Gasteiger partial charge in [0.1, 0.15) is 11.5 Å². The van der Waals surface area contributed by atoms with Crippen LogP contribution in [0.25, 0.3) is 17.4 Å². The number of halogens is 3. The number of benzene rings is 2. The fourth-order valence-electron chi connectivity index (χ4n) is 4.40. The standard InChI is InChI=1S/C26H20F3N3O6/c27-26(28,29)17-1-7-21(22(15-17)32(35)36)23-8-6-20(38-23)13-16-14-24(33)31(25(16)34)19-4-2-18(3-5-19)30-9-11-37-12-10-30/h1-8,13,15H,9-12,14H2. The van der Waals surface area contributed by atoms with Gasteiger partial charge in [-0.15, -0.1) is 0 Å². The quantitative estimate of drug-likeness (QED) is 0.198. The number of carbonyl (C=O) groups is 2. The highest BCUT2D eigenvalue weighted by molar-refractivity contribution is 6.29. The van der Waals surface area contributed by atoms with Crippen LogP contribution in [0.1, 0.15) is 17.7 Å². The number of nitro groups is 1. The molecule has 0 aliphatic carbocycles. The Kier molecular flexibility index (Phi) is 6.49. The van der Waals surface area contributed by atoms with E-state index in [0.717, 1.165) is 35.8 Å². The molecule has 2 aliphatic rings. The van der Waals surface area contributed by atoms with Gasteiger partial charge in [-0.1, -0.05) is 0 Å². The van der Waals surface area contributed by atoms with Crippen molar-refractivity contribution in [3.05, 3.63) is 81.6 Å². The van der Waals surface area contributed by atoms with Crippen LogP contribution in [0.15, 0.2) is 64.6 Å². The van der Waals surface area contributed by atoms with Crippen molar-refractivity contribution in [3.63, 3.8) is 0 Å². The number of furan rings is 1. The molecule has 0 N–H and O–H groups in total. The van der Waals surface area contributed by atoms with E-state index >= 15 is 0 Å². The minimum Gasteiger partial charge on any atom is -0.456 e. The minimum absolute atomic E-state index is 0.0513. The van der Waals surface area contributed by atoms with Gasteiger partial charge in [-0.2, -0.15) is 13.2 Å². The van der Waals surface area contributed by atoms with Gasteiger partial charge in [0, 0.05) is 30.4 Å². The maximum absolute atomic E-state index is 13.0. The van der Waals surface area contributed by atoms with Crippen LogP contribution in [-0.2, 0) is 20.5 Å². The van der Waals surface area contributed by atoms with Crippen LogP contribution in [0.2, 0.25) is 0 Å².